The van der Waals surface area contributed by atoms with Crippen LogP contribution in [0.15, 0.2) is 212 Å². The van der Waals surface area contributed by atoms with Gasteiger partial charge >= 0.3 is 0 Å². The van der Waals surface area contributed by atoms with Gasteiger partial charge in [-0.3, -0.25) is 0 Å². The number of para-hydroxylation sites is 1. The lowest BCUT2D eigenvalue weighted by molar-refractivity contribution is 1.28. The molecule has 0 unspecified atom stereocenters. The molecule has 0 N–H and O–H groups in total. The molecule has 0 aliphatic rings. The van der Waals surface area contributed by atoms with Crippen LogP contribution < -0.4 is 4.90 Å². The molecule has 0 fully saturated rings. The normalized spacial score (nSPS) is 11.4. The van der Waals surface area contributed by atoms with Gasteiger partial charge in [-0.25, -0.2) is 0 Å². The number of hydrogen-bond acceptors (Lipinski definition) is 1. The lowest BCUT2D eigenvalue weighted by Gasteiger charge is -2.28. The van der Waals surface area contributed by atoms with Gasteiger partial charge in [0.15, 0.2) is 0 Å². The zero-order valence-electron chi connectivity index (χ0n) is 29.2. The van der Waals surface area contributed by atoms with Crippen LogP contribution in [0.25, 0.3) is 76.5 Å². The number of rotatable bonds is 6. The number of fused-ring (bicyclic) bond motifs is 6. The maximum absolute atomic E-state index is 2.41. The summed E-state index contributed by atoms with van der Waals surface area (Å²) in [6, 6.07) is 77.3. The van der Waals surface area contributed by atoms with Crippen molar-refractivity contribution >= 4 is 60.2 Å². The summed E-state index contributed by atoms with van der Waals surface area (Å²) in [6.07, 6.45) is 0. The quantitative estimate of drug-likeness (QED) is 0.159. The van der Waals surface area contributed by atoms with E-state index in [1.807, 2.05) is 0 Å². The Labute approximate surface area is 309 Å². The van der Waals surface area contributed by atoms with Gasteiger partial charge in [0, 0.05) is 16.9 Å². The number of hydrogen-bond donors (Lipinski definition) is 0. The standard InChI is InChI=1S/C52H35N/c1-2-12-36(13-3-1)38-28-31-44(32-29-38)53(51-23-9-8-19-47(51)43-27-24-37-14-4-5-16-41(37)34-43)45-18-10-17-42(35-45)46-21-11-22-50-49(46)33-30-40-26-25-39-15-6-7-20-48(39)52(40)50/h1-35H. The smallest absolute Gasteiger partial charge is 0.0540 e. The van der Waals surface area contributed by atoms with E-state index in [0.29, 0.717) is 0 Å². The van der Waals surface area contributed by atoms with E-state index >= 15 is 0 Å². The molecule has 0 aliphatic carbocycles. The fourth-order valence-corrected chi connectivity index (χ4v) is 8.06. The Balaban J connectivity index is 1.16. The topological polar surface area (TPSA) is 3.24 Å². The van der Waals surface area contributed by atoms with Gasteiger partial charge in [-0.15, -0.1) is 0 Å². The third-order valence-corrected chi connectivity index (χ3v) is 10.6. The first-order valence-electron chi connectivity index (χ1n) is 18.3. The summed E-state index contributed by atoms with van der Waals surface area (Å²) in [6.45, 7) is 0. The SMILES string of the molecule is c1ccc(-c2ccc(N(c3cccc(-c4cccc5c4ccc4ccc6ccccc6c45)c3)c3ccccc3-c3ccc4ccccc4c3)cc2)cc1. The van der Waals surface area contributed by atoms with Crippen LogP contribution >= 0.6 is 0 Å². The summed E-state index contributed by atoms with van der Waals surface area (Å²) < 4.78 is 0. The van der Waals surface area contributed by atoms with E-state index in [-0.39, 0.29) is 0 Å². The van der Waals surface area contributed by atoms with E-state index in [1.165, 1.54) is 76.5 Å². The van der Waals surface area contributed by atoms with E-state index in [2.05, 4.69) is 217 Å². The lowest BCUT2D eigenvalue weighted by atomic mass is 9.92. The predicted octanol–water partition coefficient (Wildman–Crippen LogP) is 14.8. The summed E-state index contributed by atoms with van der Waals surface area (Å²) in [5, 5.41) is 10.1. The minimum atomic E-state index is 1.10. The van der Waals surface area contributed by atoms with Crippen LogP contribution in [0, 0.1) is 0 Å². The molecule has 0 aliphatic heterocycles. The van der Waals surface area contributed by atoms with Gasteiger partial charge in [0.05, 0.1) is 5.69 Å². The molecule has 10 rings (SSSR count). The Hall–Kier alpha value is -6.96. The van der Waals surface area contributed by atoms with Crippen molar-refractivity contribution < 1.29 is 0 Å². The van der Waals surface area contributed by atoms with Crippen LogP contribution in [-0.4, -0.2) is 0 Å². The third kappa shape index (κ3) is 5.51. The fraction of sp³-hybridized carbons (Fsp3) is 0. The van der Waals surface area contributed by atoms with E-state index in [1.54, 1.807) is 0 Å². The van der Waals surface area contributed by atoms with Crippen molar-refractivity contribution in [3.8, 4) is 33.4 Å². The molecule has 0 heterocycles. The molecular formula is C52H35N. The van der Waals surface area contributed by atoms with Gasteiger partial charge in [0.25, 0.3) is 0 Å². The Kier molecular flexibility index (Phi) is 7.55. The molecule has 10 aromatic rings. The van der Waals surface area contributed by atoms with Crippen LogP contribution in [0.3, 0.4) is 0 Å². The van der Waals surface area contributed by atoms with Crippen molar-refractivity contribution in [2.75, 3.05) is 4.90 Å². The average Bonchev–Trinajstić information content (AvgIpc) is 3.24. The van der Waals surface area contributed by atoms with Crippen molar-refractivity contribution in [3.63, 3.8) is 0 Å². The monoisotopic (exact) mass is 673 g/mol. The highest BCUT2D eigenvalue weighted by atomic mass is 15.1. The second-order valence-corrected chi connectivity index (χ2v) is 13.7. The highest BCUT2D eigenvalue weighted by Gasteiger charge is 2.19. The molecule has 1 heteroatoms. The molecule has 53 heavy (non-hydrogen) atoms. The Morgan fingerprint density at radius 1 is 0.264 bits per heavy atom. The molecule has 0 spiro atoms. The fourth-order valence-electron chi connectivity index (χ4n) is 8.06. The lowest BCUT2D eigenvalue weighted by Crippen LogP contribution is -2.11. The van der Waals surface area contributed by atoms with Crippen molar-refractivity contribution in [2.24, 2.45) is 0 Å². The maximum Gasteiger partial charge on any atom is 0.0540 e. The third-order valence-electron chi connectivity index (χ3n) is 10.6. The Morgan fingerprint density at radius 3 is 1.74 bits per heavy atom. The highest BCUT2D eigenvalue weighted by Crippen LogP contribution is 2.44. The summed E-state index contributed by atoms with van der Waals surface area (Å²) in [5.41, 5.74) is 10.5. The van der Waals surface area contributed by atoms with Gasteiger partial charge in [0.2, 0.25) is 0 Å². The summed E-state index contributed by atoms with van der Waals surface area (Å²) >= 11 is 0. The Morgan fingerprint density at radius 2 is 0.849 bits per heavy atom. The summed E-state index contributed by atoms with van der Waals surface area (Å²) in [7, 11) is 0. The van der Waals surface area contributed by atoms with E-state index in [4.69, 9.17) is 0 Å². The van der Waals surface area contributed by atoms with E-state index in [0.717, 1.165) is 17.1 Å². The van der Waals surface area contributed by atoms with Crippen molar-refractivity contribution in [1.82, 2.24) is 0 Å². The van der Waals surface area contributed by atoms with Crippen molar-refractivity contribution in [1.29, 1.82) is 0 Å². The average molecular weight is 674 g/mol. The van der Waals surface area contributed by atoms with Crippen LogP contribution in [-0.2, 0) is 0 Å². The zero-order chi connectivity index (χ0) is 35.1. The number of nitrogens with zero attached hydrogens (tertiary/aromatic N) is 1. The summed E-state index contributed by atoms with van der Waals surface area (Å²) in [5.74, 6) is 0. The molecule has 0 saturated heterocycles. The number of benzene rings is 10. The molecule has 1 nitrogen and oxygen atoms in total. The van der Waals surface area contributed by atoms with Gasteiger partial charge in [0.1, 0.15) is 0 Å². The van der Waals surface area contributed by atoms with Gasteiger partial charge < -0.3 is 4.90 Å². The molecule has 0 bridgehead atoms. The first-order valence-corrected chi connectivity index (χ1v) is 18.3. The van der Waals surface area contributed by atoms with E-state index < -0.39 is 0 Å². The minimum absolute atomic E-state index is 1.10. The van der Waals surface area contributed by atoms with Gasteiger partial charge in [-0.05, 0) is 107 Å². The molecule has 248 valence electrons. The minimum Gasteiger partial charge on any atom is -0.310 e. The summed E-state index contributed by atoms with van der Waals surface area (Å²) in [4.78, 5) is 2.41. The first-order chi connectivity index (χ1) is 26.3. The zero-order valence-corrected chi connectivity index (χ0v) is 29.2. The predicted molar refractivity (Wildman–Crippen MR) is 227 cm³/mol. The molecule has 0 saturated carbocycles. The maximum atomic E-state index is 2.41. The molecular weight excluding hydrogens is 639 g/mol. The van der Waals surface area contributed by atoms with Crippen LogP contribution in [0.4, 0.5) is 17.1 Å². The van der Waals surface area contributed by atoms with E-state index in [9.17, 15) is 0 Å². The molecule has 0 radical (unpaired) electrons. The molecule has 0 aromatic heterocycles. The van der Waals surface area contributed by atoms with Crippen LogP contribution in [0.2, 0.25) is 0 Å². The molecule has 10 aromatic carbocycles. The second-order valence-electron chi connectivity index (χ2n) is 13.7. The Bertz CT molecular complexity index is 2940. The van der Waals surface area contributed by atoms with Crippen molar-refractivity contribution in [2.45, 2.75) is 0 Å². The van der Waals surface area contributed by atoms with Gasteiger partial charge in [-0.1, -0.05) is 176 Å². The highest BCUT2D eigenvalue weighted by molar-refractivity contribution is 6.22. The first kappa shape index (κ1) is 30.8. The van der Waals surface area contributed by atoms with Crippen molar-refractivity contribution in [3.05, 3.63) is 212 Å². The van der Waals surface area contributed by atoms with Crippen LogP contribution in [0.5, 0.6) is 0 Å². The largest absolute Gasteiger partial charge is 0.310 e. The van der Waals surface area contributed by atoms with Crippen LogP contribution in [0.1, 0.15) is 0 Å². The van der Waals surface area contributed by atoms with Gasteiger partial charge in [-0.2, -0.15) is 0 Å². The molecule has 0 atom stereocenters. The molecule has 0 amide bonds. The second kappa shape index (κ2) is 13.0. The number of anilines is 3.